The predicted molar refractivity (Wildman–Crippen MR) is 123 cm³/mol. The molecular weight excluding hydrogens is 385 g/mol. The number of carboxylic acid groups (broad SMARTS) is 1. The number of carboxylic acids is 1. The van der Waals surface area contributed by atoms with Crippen molar-refractivity contribution >= 4 is 19.7 Å². The number of rotatable bonds is 17. The molecule has 1 aromatic carbocycles. The van der Waals surface area contributed by atoms with E-state index in [0.29, 0.717) is 0 Å². The van der Waals surface area contributed by atoms with Gasteiger partial charge < -0.3 is 15.2 Å². The first kappa shape index (κ1) is 28.7. The fraction of sp³-hybridized carbons (Fsp3) is 0.708. The van der Waals surface area contributed by atoms with Crippen molar-refractivity contribution < 1.29 is 39.5 Å². The summed E-state index contributed by atoms with van der Waals surface area (Å²) in [6, 6.07) is 9.75. The molecule has 1 rings (SSSR count). The molecule has 0 spiro atoms. The molecule has 0 amide bonds. The van der Waals surface area contributed by atoms with E-state index in [1.54, 1.807) is 12.1 Å². The molecule has 0 saturated carbocycles. The second-order valence-corrected chi connectivity index (χ2v) is 14.3. The van der Waals surface area contributed by atoms with Gasteiger partial charge in [-0.05, 0) is 24.1 Å². The van der Waals surface area contributed by atoms with Gasteiger partial charge in [-0.1, -0.05) is 108 Å². The first-order chi connectivity index (χ1) is 13.4. The van der Waals surface area contributed by atoms with Gasteiger partial charge in [0.05, 0.1) is 5.97 Å². The van der Waals surface area contributed by atoms with Gasteiger partial charge in [-0.3, -0.25) is 0 Å². The van der Waals surface area contributed by atoms with Gasteiger partial charge in [-0.25, -0.2) is 0 Å². The van der Waals surface area contributed by atoms with E-state index in [4.69, 9.17) is 0 Å². The van der Waals surface area contributed by atoms with E-state index in [2.05, 4.69) is 25.3 Å². The number of anilines is 1. The van der Waals surface area contributed by atoms with Crippen LogP contribution in [0.25, 0.3) is 0 Å². The van der Waals surface area contributed by atoms with E-state index < -0.39 is 14.0 Å². The van der Waals surface area contributed by atoms with Gasteiger partial charge >= 0.3 is 29.6 Å². The van der Waals surface area contributed by atoms with Gasteiger partial charge in [0.2, 0.25) is 0 Å². The molecule has 29 heavy (non-hydrogen) atoms. The smallest absolute Gasteiger partial charge is 0.545 e. The van der Waals surface area contributed by atoms with Crippen LogP contribution in [0.15, 0.2) is 24.3 Å². The number of hydrogen-bond acceptors (Lipinski definition) is 3. The van der Waals surface area contributed by atoms with Gasteiger partial charge in [-0.2, -0.15) is 0 Å². The Hall–Kier alpha value is -0.293. The monoisotopic (exact) mass is 427 g/mol. The van der Waals surface area contributed by atoms with Crippen LogP contribution in [0.5, 0.6) is 0 Å². The molecule has 0 unspecified atom stereocenters. The molecule has 0 heterocycles. The Morgan fingerprint density at radius 3 is 1.83 bits per heavy atom. The van der Waals surface area contributed by atoms with Crippen LogP contribution >= 0.6 is 0 Å². The third-order valence-electron chi connectivity index (χ3n) is 5.69. The van der Waals surface area contributed by atoms with Crippen LogP contribution in [0, 0.1) is 0 Å². The standard InChI is InChI=1S/C24H43NO2Si.Na/c1-4-5-6-7-8-9-10-13-20-28(2,3)21-14-11-12-19-25-23-17-15-22(16-18-23)24(26)27;/h15-18,25H,4-14,19-21H2,1-3H3,(H,26,27);/q;+1/p-1. The third kappa shape index (κ3) is 15.2. The van der Waals surface area contributed by atoms with E-state index in [9.17, 15) is 9.90 Å². The second-order valence-electron chi connectivity index (χ2n) is 8.99. The zero-order valence-corrected chi connectivity index (χ0v) is 22.5. The van der Waals surface area contributed by atoms with Gasteiger partial charge in [-0.15, -0.1) is 0 Å². The molecule has 5 heteroatoms. The Morgan fingerprint density at radius 2 is 1.31 bits per heavy atom. The van der Waals surface area contributed by atoms with Gasteiger partial charge in [0.1, 0.15) is 0 Å². The van der Waals surface area contributed by atoms with Crippen LogP contribution in [-0.4, -0.2) is 20.6 Å². The summed E-state index contributed by atoms with van der Waals surface area (Å²) < 4.78 is 0. The van der Waals surface area contributed by atoms with Crippen molar-refractivity contribution in [3.8, 4) is 0 Å². The van der Waals surface area contributed by atoms with E-state index in [1.165, 1.54) is 82.7 Å². The number of carbonyl (C=O) groups excluding carboxylic acids is 1. The Kier molecular flexibility index (Phi) is 17.2. The Labute approximate surface area is 202 Å². The largest absolute Gasteiger partial charge is 1.00 e. The topological polar surface area (TPSA) is 52.2 Å². The molecule has 0 radical (unpaired) electrons. The van der Waals surface area contributed by atoms with Crippen molar-refractivity contribution in [1.29, 1.82) is 0 Å². The van der Waals surface area contributed by atoms with Crippen LogP contribution in [0.1, 0.15) is 87.9 Å². The van der Waals surface area contributed by atoms with E-state index in [0.717, 1.165) is 12.2 Å². The minimum atomic E-state index is -1.12. The maximum atomic E-state index is 10.7. The Morgan fingerprint density at radius 1 is 0.828 bits per heavy atom. The molecule has 0 aliphatic rings. The Bertz CT molecular complexity index is 534. The fourth-order valence-electron chi connectivity index (χ4n) is 3.72. The average molecular weight is 428 g/mol. The van der Waals surface area contributed by atoms with Gasteiger partial charge in [0.25, 0.3) is 0 Å². The number of aromatic carboxylic acids is 1. The molecule has 0 fully saturated rings. The van der Waals surface area contributed by atoms with E-state index in [1.807, 2.05) is 12.1 Å². The number of unbranched alkanes of at least 4 members (excludes halogenated alkanes) is 9. The quantitative estimate of drug-likeness (QED) is 0.306. The molecule has 0 aliphatic carbocycles. The summed E-state index contributed by atoms with van der Waals surface area (Å²) in [6.07, 6.45) is 15.1. The van der Waals surface area contributed by atoms with Crippen molar-refractivity contribution in [2.24, 2.45) is 0 Å². The summed E-state index contributed by atoms with van der Waals surface area (Å²) in [5, 5.41) is 14.1. The molecule has 1 aromatic rings. The summed E-state index contributed by atoms with van der Waals surface area (Å²) in [6.45, 7) is 8.35. The first-order valence-electron chi connectivity index (χ1n) is 11.5. The van der Waals surface area contributed by atoms with Gasteiger partial charge in [0, 0.05) is 20.3 Å². The second kappa shape index (κ2) is 17.4. The minimum Gasteiger partial charge on any atom is -0.545 e. The molecule has 3 nitrogen and oxygen atoms in total. The molecule has 0 atom stereocenters. The minimum absolute atomic E-state index is 0. The molecule has 0 aromatic heterocycles. The van der Waals surface area contributed by atoms with Crippen molar-refractivity contribution in [3.63, 3.8) is 0 Å². The molecular formula is C24H42NNaO2Si. The first-order valence-corrected chi connectivity index (χ1v) is 14.9. The Balaban J connectivity index is 0.00000784. The number of benzene rings is 1. The molecule has 0 saturated heterocycles. The van der Waals surface area contributed by atoms with Crippen molar-refractivity contribution in [3.05, 3.63) is 29.8 Å². The van der Waals surface area contributed by atoms with Crippen LogP contribution < -0.4 is 40.0 Å². The van der Waals surface area contributed by atoms with Crippen LogP contribution in [0.2, 0.25) is 25.2 Å². The predicted octanol–water partition coefficient (Wildman–Crippen LogP) is 3.49. The normalized spacial score (nSPS) is 11.1. The van der Waals surface area contributed by atoms with Crippen LogP contribution in [-0.2, 0) is 0 Å². The summed E-state index contributed by atoms with van der Waals surface area (Å²) in [5.74, 6) is -1.12. The molecule has 1 N–H and O–H groups in total. The maximum Gasteiger partial charge on any atom is 1.00 e. The summed E-state index contributed by atoms with van der Waals surface area (Å²) in [5.41, 5.74) is 1.21. The summed E-state index contributed by atoms with van der Waals surface area (Å²) >= 11 is 0. The molecule has 0 aliphatic heterocycles. The third-order valence-corrected chi connectivity index (χ3v) is 9.10. The summed E-state index contributed by atoms with van der Waals surface area (Å²) in [7, 11) is -1.01. The summed E-state index contributed by atoms with van der Waals surface area (Å²) in [4.78, 5) is 10.7. The van der Waals surface area contributed by atoms with Crippen molar-refractivity contribution in [1.82, 2.24) is 0 Å². The number of hydrogen-bond donors (Lipinski definition) is 1. The number of carbonyl (C=O) groups is 1. The average Bonchev–Trinajstić information content (AvgIpc) is 2.67. The van der Waals surface area contributed by atoms with Crippen molar-refractivity contribution in [2.75, 3.05) is 11.9 Å². The van der Waals surface area contributed by atoms with E-state index >= 15 is 0 Å². The number of nitrogens with one attached hydrogen (secondary N) is 1. The molecule has 160 valence electrons. The van der Waals surface area contributed by atoms with E-state index in [-0.39, 0.29) is 35.1 Å². The zero-order chi connectivity index (χ0) is 20.7. The van der Waals surface area contributed by atoms with Crippen LogP contribution in [0.3, 0.4) is 0 Å². The molecule has 0 bridgehead atoms. The fourth-order valence-corrected chi connectivity index (χ4v) is 6.39. The zero-order valence-electron chi connectivity index (χ0n) is 19.5. The van der Waals surface area contributed by atoms with Gasteiger partial charge in [0.15, 0.2) is 0 Å². The maximum absolute atomic E-state index is 10.7. The van der Waals surface area contributed by atoms with Crippen molar-refractivity contribution in [2.45, 2.75) is 103 Å². The SMILES string of the molecule is CCCCCCCCCC[Si](C)(C)CCCCCNc1ccc(C(=O)[O-])cc1.[Na+]. The van der Waals surface area contributed by atoms with Crippen LogP contribution in [0.4, 0.5) is 5.69 Å².